The van der Waals surface area contributed by atoms with E-state index >= 15 is 0 Å². The monoisotopic (exact) mass is 298 g/mol. The zero-order valence-electron chi connectivity index (χ0n) is 12.7. The largest absolute Gasteiger partial charge is 0.489 e. The molecule has 3 rings (SSSR count). The molecule has 114 valence electrons. The van der Waals surface area contributed by atoms with E-state index in [1.54, 1.807) is 0 Å². The van der Waals surface area contributed by atoms with E-state index in [9.17, 15) is 0 Å². The molecule has 0 radical (unpaired) electrons. The van der Waals surface area contributed by atoms with Crippen LogP contribution in [0.3, 0.4) is 0 Å². The number of para-hydroxylation sites is 1. The quantitative estimate of drug-likeness (QED) is 0.705. The molecule has 1 N–H and O–H groups in total. The molecule has 1 aromatic carbocycles. The van der Waals surface area contributed by atoms with Crippen LogP contribution in [0.25, 0.3) is 10.9 Å². The molecule has 3 aromatic rings. The van der Waals surface area contributed by atoms with Crippen LogP contribution in [0.2, 0.25) is 0 Å². The van der Waals surface area contributed by atoms with E-state index in [4.69, 9.17) is 9.15 Å². The normalized spacial score (nSPS) is 10.8. The van der Waals surface area contributed by atoms with Crippen LogP contribution in [-0.2, 0) is 6.42 Å². The second kappa shape index (κ2) is 6.43. The van der Waals surface area contributed by atoms with Crippen LogP contribution in [0.15, 0.2) is 34.7 Å². The number of ether oxygens (including phenoxy) is 1. The molecule has 0 saturated heterocycles. The SMILES string of the molecule is CCc1nnc(NCCOc2cccc3ccc(C)nc23)o1. The van der Waals surface area contributed by atoms with Gasteiger partial charge in [-0.25, -0.2) is 4.98 Å². The van der Waals surface area contributed by atoms with Gasteiger partial charge in [-0.2, -0.15) is 0 Å². The maximum atomic E-state index is 5.81. The molecule has 2 heterocycles. The lowest BCUT2D eigenvalue weighted by molar-refractivity contribution is 0.334. The Bertz CT molecular complexity index is 770. The smallest absolute Gasteiger partial charge is 0.315 e. The summed E-state index contributed by atoms with van der Waals surface area (Å²) in [4.78, 5) is 4.54. The van der Waals surface area contributed by atoms with Gasteiger partial charge < -0.3 is 14.5 Å². The Labute approximate surface area is 128 Å². The Morgan fingerprint density at radius 2 is 2.09 bits per heavy atom. The van der Waals surface area contributed by atoms with Gasteiger partial charge in [0, 0.05) is 17.5 Å². The van der Waals surface area contributed by atoms with Crippen molar-refractivity contribution in [3.8, 4) is 5.75 Å². The average Bonchev–Trinajstić information content (AvgIpc) is 3.00. The third-order valence-electron chi connectivity index (χ3n) is 3.23. The number of aromatic nitrogens is 3. The summed E-state index contributed by atoms with van der Waals surface area (Å²) in [5.41, 5.74) is 1.85. The third kappa shape index (κ3) is 3.16. The predicted octanol–water partition coefficient (Wildman–Crippen LogP) is 2.98. The van der Waals surface area contributed by atoms with Crippen molar-refractivity contribution in [2.24, 2.45) is 0 Å². The molecule has 0 bridgehead atoms. The van der Waals surface area contributed by atoms with Crippen LogP contribution in [-0.4, -0.2) is 28.3 Å². The van der Waals surface area contributed by atoms with E-state index in [0.29, 0.717) is 25.1 Å². The highest BCUT2D eigenvalue weighted by Gasteiger charge is 2.05. The molecule has 0 aliphatic carbocycles. The fraction of sp³-hybridized carbons (Fsp3) is 0.312. The molecule has 0 amide bonds. The Kier molecular flexibility index (Phi) is 4.18. The van der Waals surface area contributed by atoms with Crippen molar-refractivity contribution in [3.05, 3.63) is 41.9 Å². The molecule has 6 nitrogen and oxygen atoms in total. The minimum absolute atomic E-state index is 0.423. The molecule has 0 spiro atoms. The van der Waals surface area contributed by atoms with Crippen molar-refractivity contribution in [2.45, 2.75) is 20.3 Å². The first kappa shape index (κ1) is 14.3. The number of aryl methyl sites for hydroxylation is 2. The lowest BCUT2D eigenvalue weighted by Crippen LogP contribution is -2.12. The standard InChI is InChI=1S/C16H18N4O2/c1-3-14-19-20-16(22-14)17-9-10-21-13-6-4-5-12-8-7-11(2)18-15(12)13/h4-8H,3,9-10H2,1-2H3,(H,17,20). The second-order valence-electron chi connectivity index (χ2n) is 4.91. The first-order valence-corrected chi connectivity index (χ1v) is 7.31. The average molecular weight is 298 g/mol. The summed E-state index contributed by atoms with van der Waals surface area (Å²) in [5, 5.41) is 11.9. The van der Waals surface area contributed by atoms with E-state index in [2.05, 4.69) is 20.5 Å². The number of anilines is 1. The molecule has 0 aliphatic rings. The van der Waals surface area contributed by atoms with Crippen LogP contribution in [0.5, 0.6) is 5.75 Å². The number of benzene rings is 1. The van der Waals surface area contributed by atoms with Gasteiger partial charge in [-0.3, -0.25) is 0 Å². The number of fused-ring (bicyclic) bond motifs is 1. The van der Waals surface area contributed by atoms with Crippen LogP contribution in [0.1, 0.15) is 18.5 Å². The number of nitrogens with zero attached hydrogens (tertiary/aromatic N) is 3. The van der Waals surface area contributed by atoms with Gasteiger partial charge in [0.15, 0.2) is 0 Å². The van der Waals surface area contributed by atoms with Crippen molar-refractivity contribution >= 4 is 16.9 Å². The van der Waals surface area contributed by atoms with Crippen LogP contribution in [0, 0.1) is 6.92 Å². The van der Waals surface area contributed by atoms with Crippen molar-refractivity contribution < 1.29 is 9.15 Å². The summed E-state index contributed by atoms with van der Waals surface area (Å²) in [6.45, 7) is 5.00. The molecule has 0 atom stereocenters. The highest BCUT2D eigenvalue weighted by molar-refractivity contribution is 5.84. The van der Waals surface area contributed by atoms with Gasteiger partial charge in [-0.05, 0) is 19.1 Å². The van der Waals surface area contributed by atoms with E-state index < -0.39 is 0 Å². The van der Waals surface area contributed by atoms with Gasteiger partial charge in [0.1, 0.15) is 17.9 Å². The molecule has 0 unspecified atom stereocenters. The minimum Gasteiger partial charge on any atom is -0.489 e. The third-order valence-corrected chi connectivity index (χ3v) is 3.23. The van der Waals surface area contributed by atoms with Gasteiger partial charge in [-0.1, -0.05) is 30.2 Å². The number of hydrogen-bond donors (Lipinski definition) is 1. The molecular weight excluding hydrogens is 280 g/mol. The van der Waals surface area contributed by atoms with Gasteiger partial charge in [-0.15, -0.1) is 5.10 Å². The van der Waals surface area contributed by atoms with Crippen molar-refractivity contribution in [1.29, 1.82) is 0 Å². The molecule has 0 fully saturated rings. The molecule has 22 heavy (non-hydrogen) atoms. The second-order valence-corrected chi connectivity index (χ2v) is 4.91. The van der Waals surface area contributed by atoms with Gasteiger partial charge in [0.05, 0.1) is 6.54 Å². The fourth-order valence-corrected chi connectivity index (χ4v) is 2.12. The predicted molar refractivity (Wildman–Crippen MR) is 84.1 cm³/mol. The number of rotatable bonds is 6. The summed E-state index contributed by atoms with van der Waals surface area (Å²) in [6.07, 6.45) is 0.728. The highest BCUT2D eigenvalue weighted by Crippen LogP contribution is 2.23. The van der Waals surface area contributed by atoms with Crippen LogP contribution < -0.4 is 10.1 Å². The zero-order valence-corrected chi connectivity index (χ0v) is 12.7. The zero-order chi connectivity index (χ0) is 15.4. The van der Waals surface area contributed by atoms with Gasteiger partial charge >= 0.3 is 6.01 Å². The van der Waals surface area contributed by atoms with Crippen LogP contribution in [0.4, 0.5) is 6.01 Å². The molecule has 6 heteroatoms. The maximum absolute atomic E-state index is 5.81. The van der Waals surface area contributed by atoms with Gasteiger partial charge in [0.25, 0.3) is 0 Å². The summed E-state index contributed by atoms with van der Waals surface area (Å²) in [5.74, 6) is 1.40. The Morgan fingerprint density at radius 1 is 1.18 bits per heavy atom. The first-order chi connectivity index (χ1) is 10.8. The van der Waals surface area contributed by atoms with Crippen LogP contribution >= 0.6 is 0 Å². The Hall–Kier alpha value is -2.63. The lowest BCUT2D eigenvalue weighted by Gasteiger charge is -2.09. The lowest BCUT2D eigenvalue weighted by atomic mass is 10.2. The molecular formula is C16H18N4O2. The Morgan fingerprint density at radius 3 is 2.91 bits per heavy atom. The minimum atomic E-state index is 0.423. The van der Waals surface area contributed by atoms with E-state index in [1.807, 2.05) is 44.2 Å². The topological polar surface area (TPSA) is 73.1 Å². The van der Waals surface area contributed by atoms with Gasteiger partial charge in [0.2, 0.25) is 5.89 Å². The van der Waals surface area contributed by atoms with E-state index in [1.165, 1.54) is 0 Å². The van der Waals surface area contributed by atoms with E-state index in [-0.39, 0.29) is 0 Å². The summed E-state index contributed by atoms with van der Waals surface area (Å²) >= 11 is 0. The molecule has 2 aromatic heterocycles. The van der Waals surface area contributed by atoms with Crippen molar-refractivity contribution in [3.63, 3.8) is 0 Å². The highest BCUT2D eigenvalue weighted by atomic mass is 16.5. The molecule has 0 saturated carbocycles. The van der Waals surface area contributed by atoms with Crippen molar-refractivity contribution in [2.75, 3.05) is 18.5 Å². The first-order valence-electron chi connectivity index (χ1n) is 7.31. The fourth-order valence-electron chi connectivity index (χ4n) is 2.12. The molecule has 0 aliphatic heterocycles. The van der Waals surface area contributed by atoms with Crippen molar-refractivity contribution in [1.82, 2.24) is 15.2 Å². The summed E-state index contributed by atoms with van der Waals surface area (Å²) in [6, 6.07) is 10.4. The number of pyridine rings is 1. The van der Waals surface area contributed by atoms with E-state index in [0.717, 1.165) is 28.8 Å². The summed E-state index contributed by atoms with van der Waals surface area (Å²) in [7, 11) is 0. The summed E-state index contributed by atoms with van der Waals surface area (Å²) < 4.78 is 11.2. The number of nitrogens with one attached hydrogen (secondary N) is 1. The maximum Gasteiger partial charge on any atom is 0.315 e. The Balaban J connectivity index is 1.60. The number of hydrogen-bond acceptors (Lipinski definition) is 6.